The van der Waals surface area contributed by atoms with Gasteiger partial charge in [0.1, 0.15) is 18.1 Å². The topological polar surface area (TPSA) is 39.9 Å². The summed E-state index contributed by atoms with van der Waals surface area (Å²) in [5.74, 6) is 0.761. The highest BCUT2D eigenvalue weighted by molar-refractivity contribution is 5.42. The standard InChI is InChI=1S/C11H12FN3.C2H6/c12-10-2-1-5-15(8-10)11-4-3-9(6-13)7-14-11;1-2/h3-4,7,10H,1-2,5,8H2;1-2H3. The molecular formula is C13H18FN3. The molecule has 17 heavy (non-hydrogen) atoms. The Morgan fingerprint density at radius 3 is 2.76 bits per heavy atom. The highest BCUT2D eigenvalue weighted by Crippen LogP contribution is 2.19. The van der Waals surface area contributed by atoms with Gasteiger partial charge in [0.2, 0.25) is 0 Å². The molecule has 0 amide bonds. The van der Waals surface area contributed by atoms with Crippen LogP contribution >= 0.6 is 0 Å². The Hall–Kier alpha value is -1.63. The molecule has 1 aliphatic rings. The first-order valence-corrected chi connectivity index (χ1v) is 6.05. The Morgan fingerprint density at radius 2 is 2.24 bits per heavy atom. The average molecular weight is 235 g/mol. The van der Waals surface area contributed by atoms with Crippen LogP contribution in [-0.2, 0) is 0 Å². The molecule has 1 atom stereocenters. The molecule has 0 aliphatic carbocycles. The van der Waals surface area contributed by atoms with E-state index in [1.54, 1.807) is 12.1 Å². The van der Waals surface area contributed by atoms with Crippen molar-refractivity contribution in [1.82, 2.24) is 4.98 Å². The zero-order valence-electron chi connectivity index (χ0n) is 10.4. The van der Waals surface area contributed by atoms with Crippen molar-refractivity contribution >= 4 is 5.82 Å². The maximum absolute atomic E-state index is 13.1. The number of pyridine rings is 1. The predicted octanol–water partition coefficient (Wildman–Crippen LogP) is 2.92. The number of piperidine rings is 1. The van der Waals surface area contributed by atoms with E-state index in [2.05, 4.69) is 4.98 Å². The number of alkyl halides is 1. The van der Waals surface area contributed by atoms with Crippen LogP contribution in [0.5, 0.6) is 0 Å². The minimum Gasteiger partial charge on any atom is -0.354 e. The molecule has 0 radical (unpaired) electrons. The second-order valence-corrected chi connectivity index (χ2v) is 3.70. The van der Waals surface area contributed by atoms with Crippen LogP contribution in [0.2, 0.25) is 0 Å². The zero-order chi connectivity index (χ0) is 12.7. The molecule has 92 valence electrons. The molecule has 4 heteroatoms. The van der Waals surface area contributed by atoms with Gasteiger partial charge in [0.25, 0.3) is 0 Å². The fourth-order valence-electron chi connectivity index (χ4n) is 1.77. The summed E-state index contributed by atoms with van der Waals surface area (Å²) in [6, 6.07) is 5.50. The fourth-order valence-corrected chi connectivity index (χ4v) is 1.77. The first kappa shape index (κ1) is 13.4. The minimum absolute atomic E-state index is 0.416. The minimum atomic E-state index is -0.754. The Bertz CT molecular complexity index is 369. The van der Waals surface area contributed by atoms with E-state index in [0.29, 0.717) is 18.5 Å². The van der Waals surface area contributed by atoms with E-state index in [-0.39, 0.29) is 0 Å². The van der Waals surface area contributed by atoms with Crippen LogP contribution in [0.15, 0.2) is 18.3 Å². The van der Waals surface area contributed by atoms with E-state index in [0.717, 1.165) is 18.8 Å². The van der Waals surface area contributed by atoms with E-state index in [9.17, 15) is 4.39 Å². The molecular weight excluding hydrogens is 217 g/mol. The highest BCUT2D eigenvalue weighted by atomic mass is 19.1. The van der Waals surface area contributed by atoms with Gasteiger partial charge < -0.3 is 4.90 Å². The van der Waals surface area contributed by atoms with Gasteiger partial charge in [-0.2, -0.15) is 5.26 Å². The molecule has 1 aliphatic heterocycles. The molecule has 1 fully saturated rings. The van der Waals surface area contributed by atoms with E-state index < -0.39 is 6.17 Å². The van der Waals surface area contributed by atoms with Crippen LogP contribution in [0.1, 0.15) is 32.3 Å². The van der Waals surface area contributed by atoms with Gasteiger partial charge in [0.15, 0.2) is 0 Å². The number of halogens is 1. The summed E-state index contributed by atoms with van der Waals surface area (Å²) in [5.41, 5.74) is 0.535. The number of hydrogen-bond donors (Lipinski definition) is 0. The lowest BCUT2D eigenvalue weighted by atomic mass is 10.1. The SMILES string of the molecule is CC.N#Cc1ccc(N2CCCC(F)C2)nc1. The van der Waals surface area contributed by atoms with Crippen molar-refractivity contribution in [3.63, 3.8) is 0 Å². The average Bonchev–Trinajstić information content (AvgIpc) is 2.41. The molecule has 1 saturated heterocycles. The van der Waals surface area contributed by atoms with Gasteiger partial charge in [0, 0.05) is 12.7 Å². The number of nitrogens with zero attached hydrogens (tertiary/aromatic N) is 3. The quantitative estimate of drug-likeness (QED) is 0.751. The highest BCUT2D eigenvalue weighted by Gasteiger charge is 2.19. The third-order valence-corrected chi connectivity index (χ3v) is 2.56. The van der Waals surface area contributed by atoms with Crippen molar-refractivity contribution in [3.05, 3.63) is 23.9 Å². The molecule has 0 aromatic carbocycles. The first-order valence-electron chi connectivity index (χ1n) is 6.05. The summed E-state index contributed by atoms with van der Waals surface area (Å²) in [6.07, 6.45) is 2.28. The van der Waals surface area contributed by atoms with E-state index in [4.69, 9.17) is 5.26 Å². The molecule has 0 spiro atoms. The number of anilines is 1. The second kappa shape index (κ2) is 6.85. The lowest BCUT2D eigenvalue weighted by molar-refractivity contribution is 0.286. The number of hydrogen-bond acceptors (Lipinski definition) is 3. The van der Waals surface area contributed by atoms with Crippen molar-refractivity contribution in [1.29, 1.82) is 5.26 Å². The van der Waals surface area contributed by atoms with Gasteiger partial charge >= 0.3 is 0 Å². The molecule has 1 unspecified atom stereocenters. The van der Waals surface area contributed by atoms with Crippen LogP contribution in [0, 0.1) is 11.3 Å². The summed E-state index contributed by atoms with van der Waals surface area (Å²) >= 11 is 0. The second-order valence-electron chi connectivity index (χ2n) is 3.70. The van der Waals surface area contributed by atoms with Crippen molar-refractivity contribution in [3.8, 4) is 6.07 Å². The molecule has 1 aromatic heterocycles. The van der Waals surface area contributed by atoms with Crippen LogP contribution in [0.4, 0.5) is 10.2 Å². The van der Waals surface area contributed by atoms with E-state index >= 15 is 0 Å². The zero-order valence-corrected chi connectivity index (χ0v) is 10.4. The maximum Gasteiger partial charge on any atom is 0.128 e. The van der Waals surface area contributed by atoms with Crippen LogP contribution < -0.4 is 4.90 Å². The van der Waals surface area contributed by atoms with E-state index in [1.165, 1.54) is 6.20 Å². The molecule has 2 rings (SSSR count). The van der Waals surface area contributed by atoms with Crippen LogP contribution in [0.25, 0.3) is 0 Å². The Morgan fingerprint density at radius 1 is 1.47 bits per heavy atom. The number of rotatable bonds is 1. The predicted molar refractivity (Wildman–Crippen MR) is 66.6 cm³/mol. The molecule has 1 aromatic rings. The van der Waals surface area contributed by atoms with Crippen LogP contribution in [0.3, 0.4) is 0 Å². The third-order valence-electron chi connectivity index (χ3n) is 2.56. The van der Waals surface area contributed by atoms with Gasteiger partial charge in [-0.1, -0.05) is 13.8 Å². The van der Waals surface area contributed by atoms with Crippen molar-refractivity contribution in [2.24, 2.45) is 0 Å². The number of nitriles is 1. The Kier molecular flexibility index (Phi) is 5.41. The molecule has 0 bridgehead atoms. The monoisotopic (exact) mass is 235 g/mol. The van der Waals surface area contributed by atoms with Gasteiger partial charge in [-0.05, 0) is 25.0 Å². The van der Waals surface area contributed by atoms with Gasteiger partial charge in [-0.3, -0.25) is 0 Å². The normalized spacial score (nSPS) is 18.9. The smallest absolute Gasteiger partial charge is 0.128 e. The lowest BCUT2D eigenvalue weighted by Crippen LogP contribution is -2.36. The third kappa shape index (κ3) is 3.70. The Balaban J connectivity index is 0.000000686. The van der Waals surface area contributed by atoms with Crippen molar-refractivity contribution in [2.75, 3.05) is 18.0 Å². The van der Waals surface area contributed by atoms with Gasteiger partial charge in [-0.25, -0.2) is 9.37 Å². The summed E-state index contributed by atoms with van der Waals surface area (Å²) < 4.78 is 13.1. The lowest BCUT2D eigenvalue weighted by Gasteiger charge is -2.29. The van der Waals surface area contributed by atoms with E-state index in [1.807, 2.05) is 24.8 Å². The maximum atomic E-state index is 13.1. The van der Waals surface area contributed by atoms with Crippen LogP contribution in [-0.4, -0.2) is 24.2 Å². The van der Waals surface area contributed by atoms with Gasteiger partial charge in [0.05, 0.1) is 12.1 Å². The van der Waals surface area contributed by atoms with Gasteiger partial charge in [-0.15, -0.1) is 0 Å². The molecule has 0 saturated carbocycles. The summed E-state index contributed by atoms with van der Waals surface area (Å²) in [7, 11) is 0. The molecule has 2 heterocycles. The summed E-state index contributed by atoms with van der Waals surface area (Å²) in [5, 5.41) is 8.62. The number of aromatic nitrogens is 1. The summed E-state index contributed by atoms with van der Waals surface area (Å²) in [6.45, 7) is 5.26. The first-order chi connectivity index (χ1) is 8.29. The summed E-state index contributed by atoms with van der Waals surface area (Å²) in [4.78, 5) is 6.07. The molecule has 3 nitrogen and oxygen atoms in total. The fraction of sp³-hybridized carbons (Fsp3) is 0.538. The molecule has 0 N–H and O–H groups in total. The van der Waals surface area contributed by atoms with Crippen molar-refractivity contribution in [2.45, 2.75) is 32.9 Å². The van der Waals surface area contributed by atoms with Crippen molar-refractivity contribution < 1.29 is 4.39 Å². The largest absolute Gasteiger partial charge is 0.354 e. The Labute approximate surface area is 102 Å².